The van der Waals surface area contributed by atoms with Crippen LogP contribution in [0.4, 0.5) is 10.1 Å². The van der Waals surface area contributed by atoms with Crippen molar-refractivity contribution in [3.05, 3.63) is 24.0 Å². The molecular weight excluding hydrogens is 207 g/mol. The summed E-state index contributed by atoms with van der Waals surface area (Å²) in [5.41, 5.74) is 0.376. The highest BCUT2D eigenvalue weighted by molar-refractivity contribution is 5.50. The molecule has 3 nitrogen and oxygen atoms in total. The van der Waals surface area contributed by atoms with E-state index < -0.39 is 0 Å². The number of hydrogen-bond acceptors (Lipinski definition) is 3. The minimum Gasteiger partial charge on any atom is -0.497 e. The molecule has 0 aliphatic heterocycles. The van der Waals surface area contributed by atoms with Crippen molar-refractivity contribution in [2.24, 2.45) is 0 Å². The van der Waals surface area contributed by atoms with Gasteiger partial charge in [0.1, 0.15) is 11.6 Å². The summed E-state index contributed by atoms with van der Waals surface area (Å²) in [5.74, 6) is 0.257. The molecule has 0 amide bonds. The van der Waals surface area contributed by atoms with Gasteiger partial charge in [-0.3, -0.25) is 0 Å². The van der Waals surface area contributed by atoms with E-state index in [1.807, 2.05) is 6.92 Å². The van der Waals surface area contributed by atoms with Gasteiger partial charge < -0.3 is 10.1 Å². The Labute approximate surface area is 94.8 Å². The quantitative estimate of drug-likeness (QED) is 0.833. The summed E-state index contributed by atoms with van der Waals surface area (Å²) < 4.78 is 18.5. The Kier molecular flexibility index (Phi) is 4.59. The number of nitrogens with zero attached hydrogens (tertiary/aromatic N) is 1. The van der Waals surface area contributed by atoms with E-state index >= 15 is 0 Å². The van der Waals surface area contributed by atoms with Crippen LogP contribution < -0.4 is 10.1 Å². The van der Waals surface area contributed by atoms with Crippen LogP contribution >= 0.6 is 0 Å². The number of rotatable bonds is 5. The molecule has 86 valence electrons. The fourth-order valence-corrected chi connectivity index (χ4v) is 1.37. The van der Waals surface area contributed by atoms with Crippen molar-refractivity contribution in [2.75, 3.05) is 12.4 Å². The second-order valence-electron chi connectivity index (χ2n) is 3.46. The second-order valence-corrected chi connectivity index (χ2v) is 3.46. The molecule has 1 aromatic carbocycles. The summed E-state index contributed by atoms with van der Waals surface area (Å²) in [4.78, 5) is 0. The molecular formula is C12H15FN2O. The zero-order valence-electron chi connectivity index (χ0n) is 9.46. The van der Waals surface area contributed by atoms with Gasteiger partial charge in [0, 0.05) is 12.1 Å². The number of ether oxygens (including phenoxy) is 1. The lowest BCUT2D eigenvalue weighted by molar-refractivity contribution is 0.414. The van der Waals surface area contributed by atoms with E-state index in [9.17, 15) is 4.39 Å². The van der Waals surface area contributed by atoms with Gasteiger partial charge in [0.15, 0.2) is 0 Å². The monoisotopic (exact) mass is 222 g/mol. The van der Waals surface area contributed by atoms with E-state index in [0.29, 0.717) is 17.9 Å². The number of halogens is 1. The van der Waals surface area contributed by atoms with Gasteiger partial charge in [-0.1, -0.05) is 6.92 Å². The SMILES string of the molecule is CCC(CC#N)Nc1cc(OC)ccc1F. The van der Waals surface area contributed by atoms with Crippen LogP contribution in [-0.4, -0.2) is 13.2 Å². The Hall–Kier alpha value is -1.76. The van der Waals surface area contributed by atoms with Crippen molar-refractivity contribution < 1.29 is 9.13 Å². The van der Waals surface area contributed by atoms with Crippen LogP contribution in [0.25, 0.3) is 0 Å². The van der Waals surface area contributed by atoms with Gasteiger partial charge in [-0.15, -0.1) is 0 Å². The van der Waals surface area contributed by atoms with Crippen molar-refractivity contribution in [1.29, 1.82) is 5.26 Å². The van der Waals surface area contributed by atoms with Crippen molar-refractivity contribution >= 4 is 5.69 Å². The van der Waals surface area contributed by atoms with Crippen molar-refractivity contribution in [3.8, 4) is 11.8 Å². The van der Waals surface area contributed by atoms with E-state index in [0.717, 1.165) is 6.42 Å². The molecule has 0 aliphatic rings. The summed E-state index contributed by atoms with van der Waals surface area (Å²) in [7, 11) is 1.53. The maximum Gasteiger partial charge on any atom is 0.146 e. The Balaban J connectivity index is 2.82. The molecule has 0 aliphatic carbocycles. The average molecular weight is 222 g/mol. The van der Waals surface area contributed by atoms with Gasteiger partial charge in [0.25, 0.3) is 0 Å². The third-order valence-electron chi connectivity index (χ3n) is 2.36. The zero-order chi connectivity index (χ0) is 12.0. The Bertz CT molecular complexity index is 387. The smallest absolute Gasteiger partial charge is 0.146 e. The van der Waals surface area contributed by atoms with Gasteiger partial charge in [0.2, 0.25) is 0 Å². The number of hydrogen-bond donors (Lipinski definition) is 1. The van der Waals surface area contributed by atoms with Gasteiger partial charge in [-0.05, 0) is 18.6 Å². The first kappa shape index (κ1) is 12.3. The molecule has 0 fully saturated rings. The fraction of sp³-hybridized carbons (Fsp3) is 0.417. The predicted octanol–water partition coefficient (Wildman–Crippen LogP) is 2.94. The van der Waals surface area contributed by atoms with Crippen LogP contribution in [0, 0.1) is 17.1 Å². The zero-order valence-corrected chi connectivity index (χ0v) is 9.46. The first-order valence-electron chi connectivity index (χ1n) is 5.18. The molecule has 4 heteroatoms. The van der Waals surface area contributed by atoms with Gasteiger partial charge >= 0.3 is 0 Å². The third-order valence-corrected chi connectivity index (χ3v) is 2.36. The molecule has 1 aromatic rings. The molecule has 16 heavy (non-hydrogen) atoms. The van der Waals surface area contributed by atoms with Crippen molar-refractivity contribution in [1.82, 2.24) is 0 Å². The Morgan fingerprint density at radius 3 is 2.88 bits per heavy atom. The second kappa shape index (κ2) is 5.96. The minimum absolute atomic E-state index is 0.0355. The van der Waals surface area contributed by atoms with Crippen LogP contribution in [0.2, 0.25) is 0 Å². The average Bonchev–Trinajstić information content (AvgIpc) is 2.31. The lowest BCUT2D eigenvalue weighted by atomic mass is 10.1. The largest absolute Gasteiger partial charge is 0.497 e. The van der Waals surface area contributed by atoms with Crippen LogP contribution in [0.1, 0.15) is 19.8 Å². The topological polar surface area (TPSA) is 45.0 Å². The summed E-state index contributed by atoms with van der Waals surface area (Å²) in [6.07, 6.45) is 1.12. The first-order chi connectivity index (χ1) is 7.71. The van der Waals surface area contributed by atoms with E-state index in [4.69, 9.17) is 10.00 Å². The van der Waals surface area contributed by atoms with Gasteiger partial charge in [-0.2, -0.15) is 5.26 Å². The van der Waals surface area contributed by atoms with Crippen LogP contribution in [-0.2, 0) is 0 Å². The number of benzene rings is 1. The van der Waals surface area contributed by atoms with E-state index in [1.165, 1.54) is 13.2 Å². The molecule has 0 heterocycles. The number of anilines is 1. The highest BCUT2D eigenvalue weighted by atomic mass is 19.1. The lowest BCUT2D eigenvalue weighted by Gasteiger charge is -2.16. The Morgan fingerprint density at radius 1 is 1.56 bits per heavy atom. The fourth-order valence-electron chi connectivity index (χ4n) is 1.37. The molecule has 1 rings (SSSR count). The number of nitriles is 1. The van der Waals surface area contributed by atoms with E-state index in [-0.39, 0.29) is 11.9 Å². The third kappa shape index (κ3) is 3.13. The molecule has 0 radical (unpaired) electrons. The van der Waals surface area contributed by atoms with E-state index in [1.54, 1.807) is 12.1 Å². The van der Waals surface area contributed by atoms with Crippen LogP contribution in [0.5, 0.6) is 5.75 Å². The standard InChI is InChI=1S/C12H15FN2O/c1-3-9(6-7-14)15-12-8-10(16-2)4-5-11(12)13/h4-5,8-9,15H,3,6H2,1-2H3. The molecule has 0 bridgehead atoms. The van der Waals surface area contributed by atoms with E-state index in [2.05, 4.69) is 11.4 Å². The predicted molar refractivity (Wildman–Crippen MR) is 60.9 cm³/mol. The summed E-state index contributed by atoms with van der Waals surface area (Å²) in [5, 5.41) is 11.6. The van der Waals surface area contributed by atoms with Crippen molar-refractivity contribution in [2.45, 2.75) is 25.8 Å². The molecule has 1 N–H and O–H groups in total. The van der Waals surface area contributed by atoms with Crippen molar-refractivity contribution in [3.63, 3.8) is 0 Å². The normalized spacial score (nSPS) is 11.6. The molecule has 1 unspecified atom stereocenters. The summed E-state index contributed by atoms with van der Waals surface area (Å²) in [6.45, 7) is 1.95. The summed E-state index contributed by atoms with van der Waals surface area (Å²) >= 11 is 0. The van der Waals surface area contributed by atoms with Gasteiger partial charge in [0.05, 0.1) is 25.3 Å². The lowest BCUT2D eigenvalue weighted by Crippen LogP contribution is -2.18. The maximum absolute atomic E-state index is 13.4. The number of methoxy groups -OCH3 is 1. The number of nitrogens with one attached hydrogen (secondary N) is 1. The minimum atomic E-state index is -0.336. The van der Waals surface area contributed by atoms with Gasteiger partial charge in [-0.25, -0.2) is 4.39 Å². The molecule has 0 aromatic heterocycles. The first-order valence-corrected chi connectivity index (χ1v) is 5.18. The van der Waals surface area contributed by atoms with Crippen LogP contribution in [0.3, 0.4) is 0 Å². The molecule has 0 spiro atoms. The molecule has 1 atom stereocenters. The highest BCUT2D eigenvalue weighted by Gasteiger charge is 2.09. The molecule has 0 saturated carbocycles. The van der Waals surface area contributed by atoms with Crippen LogP contribution in [0.15, 0.2) is 18.2 Å². The maximum atomic E-state index is 13.4. The highest BCUT2D eigenvalue weighted by Crippen LogP contribution is 2.22. The Morgan fingerprint density at radius 2 is 2.31 bits per heavy atom. The molecule has 0 saturated heterocycles. The summed E-state index contributed by atoms with van der Waals surface area (Å²) in [6, 6.07) is 6.54.